The maximum Gasteiger partial charge on any atom is 0.227 e. The molecular weight excluding hydrogens is 409 g/mol. The zero-order chi connectivity index (χ0) is 22.2. The predicted octanol–water partition coefficient (Wildman–Crippen LogP) is 3.99. The van der Waals surface area contributed by atoms with E-state index in [0.717, 1.165) is 17.7 Å². The lowest BCUT2D eigenvalue weighted by molar-refractivity contribution is -0.117. The molecule has 0 aliphatic carbocycles. The third-order valence-electron chi connectivity index (χ3n) is 5.57. The summed E-state index contributed by atoms with van der Waals surface area (Å²) in [5.74, 6) is 0.553. The molecule has 0 spiro atoms. The summed E-state index contributed by atoms with van der Waals surface area (Å²) in [6.07, 6.45) is 6.35. The van der Waals surface area contributed by atoms with Gasteiger partial charge in [0.1, 0.15) is 11.3 Å². The van der Waals surface area contributed by atoms with Gasteiger partial charge in [-0.25, -0.2) is 9.37 Å². The number of halogens is 1. The molecule has 0 atom stereocenters. The minimum atomic E-state index is -0.544. The molecule has 0 bridgehead atoms. The molecule has 0 radical (unpaired) electrons. The fraction of sp³-hybridized carbons (Fsp3) is 0.174. The summed E-state index contributed by atoms with van der Waals surface area (Å²) in [4.78, 5) is 22.1. The first-order chi connectivity index (χ1) is 15.5. The highest BCUT2D eigenvalue weighted by molar-refractivity contribution is 5.96. The van der Waals surface area contributed by atoms with Crippen LogP contribution in [-0.2, 0) is 4.79 Å². The molecule has 0 saturated carbocycles. The van der Waals surface area contributed by atoms with Gasteiger partial charge in [0.25, 0.3) is 0 Å². The molecule has 4 aromatic rings. The number of pyridine rings is 2. The van der Waals surface area contributed by atoms with Crippen molar-refractivity contribution < 1.29 is 9.18 Å². The number of nitrogens with two attached hydrogens (primary N) is 1. The first-order valence-corrected chi connectivity index (χ1v) is 10.2. The second kappa shape index (κ2) is 7.84. The molecule has 1 saturated heterocycles. The van der Waals surface area contributed by atoms with Crippen molar-refractivity contribution in [2.24, 2.45) is 0 Å². The van der Waals surface area contributed by atoms with E-state index in [1.54, 1.807) is 41.7 Å². The van der Waals surface area contributed by atoms with Crippen molar-refractivity contribution in [1.29, 1.82) is 0 Å². The lowest BCUT2D eigenvalue weighted by Gasteiger charge is -2.15. The second-order valence-electron chi connectivity index (χ2n) is 7.69. The summed E-state index contributed by atoms with van der Waals surface area (Å²) in [6.45, 7) is 2.60. The van der Waals surface area contributed by atoms with Gasteiger partial charge in [0, 0.05) is 41.9 Å². The van der Waals surface area contributed by atoms with Gasteiger partial charge in [-0.15, -0.1) is 10.2 Å². The molecule has 32 heavy (non-hydrogen) atoms. The molecule has 0 unspecified atom stereocenters. The highest BCUT2D eigenvalue weighted by atomic mass is 19.1. The molecule has 1 aliphatic heterocycles. The number of rotatable bonds is 4. The number of nitrogens with zero attached hydrogens (tertiary/aromatic N) is 5. The molecule has 160 valence electrons. The van der Waals surface area contributed by atoms with E-state index in [-0.39, 0.29) is 17.1 Å². The Morgan fingerprint density at radius 3 is 2.69 bits per heavy atom. The molecule has 8 nitrogen and oxygen atoms in total. The van der Waals surface area contributed by atoms with Crippen molar-refractivity contribution in [3.8, 4) is 11.1 Å². The maximum absolute atomic E-state index is 15.0. The van der Waals surface area contributed by atoms with Gasteiger partial charge in [0.2, 0.25) is 5.91 Å². The normalized spacial score (nSPS) is 13.7. The van der Waals surface area contributed by atoms with E-state index in [9.17, 15) is 9.18 Å². The van der Waals surface area contributed by atoms with Gasteiger partial charge in [-0.3, -0.25) is 9.78 Å². The van der Waals surface area contributed by atoms with Gasteiger partial charge < -0.3 is 16.0 Å². The number of carbonyl (C=O) groups is 1. The number of hydrogen-bond acceptors (Lipinski definition) is 7. The van der Waals surface area contributed by atoms with Crippen molar-refractivity contribution in [2.75, 3.05) is 22.5 Å². The summed E-state index contributed by atoms with van der Waals surface area (Å²) < 4.78 is 15.0. The maximum atomic E-state index is 15.0. The SMILES string of the molecule is Cc1ccncc1-c1cc2cc(Nc3ccc(N4CCCC4=O)cn3)nnc2c(N)c1F. The van der Waals surface area contributed by atoms with Gasteiger partial charge >= 0.3 is 0 Å². The summed E-state index contributed by atoms with van der Waals surface area (Å²) >= 11 is 0. The molecular formula is C23H20FN7O. The van der Waals surface area contributed by atoms with Gasteiger partial charge in [-0.05, 0) is 49.2 Å². The molecule has 1 fully saturated rings. The average Bonchev–Trinajstić information content (AvgIpc) is 3.23. The minimum Gasteiger partial charge on any atom is -0.395 e. The Bertz CT molecular complexity index is 1340. The van der Waals surface area contributed by atoms with Crippen LogP contribution in [0.25, 0.3) is 22.0 Å². The number of carbonyl (C=O) groups excluding carboxylic acids is 1. The lowest BCUT2D eigenvalue weighted by Crippen LogP contribution is -2.23. The Labute approximate surface area is 183 Å². The van der Waals surface area contributed by atoms with Crippen LogP contribution in [0.5, 0.6) is 0 Å². The largest absolute Gasteiger partial charge is 0.395 e. The summed E-state index contributed by atoms with van der Waals surface area (Å²) in [7, 11) is 0. The fourth-order valence-corrected chi connectivity index (χ4v) is 3.87. The average molecular weight is 429 g/mol. The number of nitrogens with one attached hydrogen (secondary N) is 1. The number of aromatic nitrogens is 4. The van der Waals surface area contributed by atoms with E-state index in [1.807, 2.05) is 19.1 Å². The molecule has 1 amide bonds. The molecule has 1 aromatic carbocycles. The molecule has 1 aliphatic rings. The summed E-state index contributed by atoms with van der Waals surface area (Å²) in [5.41, 5.74) is 8.94. The first kappa shape index (κ1) is 19.8. The van der Waals surface area contributed by atoms with Crippen LogP contribution in [0.4, 0.5) is 27.4 Å². The van der Waals surface area contributed by atoms with E-state index in [4.69, 9.17) is 5.73 Å². The smallest absolute Gasteiger partial charge is 0.227 e. The highest BCUT2D eigenvalue weighted by Gasteiger charge is 2.22. The van der Waals surface area contributed by atoms with Crippen LogP contribution in [0.2, 0.25) is 0 Å². The fourth-order valence-electron chi connectivity index (χ4n) is 3.87. The first-order valence-electron chi connectivity index (χ1n) is 10.2. The monoisotopic (exact) mass is 429 g/mol. The quantitative estimate of drug-likeness (QED) is 0.472. The molecule has 3 N–H and O–H groups in total. The van der Waals surface area contributed by atoms with Gasteiger partial charge in [-0.2, -0.15) is 0 Å². The zero-order valence-electron chi connectivity index (χ0n) is 17.3. The third-order valence-corrected chi connectivity index (χ3v) is 5.57. The third kappa shape index (κ3) is 3.47. The van der Waals surface area contributed by atoms with Gasteiger partial charge in [-0.1, -0.05) is 0 Å². The van der Waals surface area contributed by atoms with Crippen molar-refractivity contribution in [3.63, 3.8) is 0 Å². The Hall–Kier alpha value is -4.14. The lowest BCUT2D eigenvalue weighted by atomic mass is 9.99. The van der Waals surface area contributed by atoms with E-state index in [0.29, 0.717) is 41.1 Å². The number of hydrogen-bond donors (Lipinski definition) is 2. The van der Waals surface area contributed by atoms with Gasteiger partial charge in [0.15, 0.2) is 11.6 Å². The van der Waals surface area contributed by atoms with Crippen LogP contribution >= 0.6 is 0 Å². The number of benzene rings is 1. The highest BCUT2D eigenvalue weighted by Crippen LogP contribution is 2.34. The van der Waals surface area contributed by atoms with E-state index in [1.165, 1.54) is 0 Å². The molecule has 9 heteroatoms. The Balaban J connectivity index is 1.47. The number of amides is 1. The van der Waals surface area contributed by atoms with Gasteiger partial charge in [0.05, 0.1) is 17.6 Å². The van der Waals surface area contributed by atoms with E-state index < -0.39 is 5.82 Å². The molecule has 5 rings (SSSR count). The molecule has 4 heterocycles. The summed E-state index contributed by atoms with van der Waals surface area (Å²) in [6, 6.07) is 8.87. The van der Waals surface area contributed by atoms with Crippen molar-refractivity contribution in [3.05, 3.63) is 60.3 Å². The van der Waals surface area contributed by atoms with Crippen LogP contribution in [-0.4, -0.2) is 32.6 Å². The van der Waals surface area contributed by atoms with Crippen molar-refractivity contribution in [1.82, 2.24) is 20.2 Å². The molecule has 3 aromatic heterocycles. The van der Waals surface area contributed by atoms with Crippen LogP contribution in [0.15, 0.2) is 48.9 Å². The second-order valence-corrected chi connectivity index (χ2v) is 7.69. The van der Waals surface area contributed by atoms with Crippen LogP contribution in [0.1, 0.15) is 18.4 Å². The topological polar surface area (TPSA) is 110 Å². The van der Waals surface area contributed by atoms with E-state index in [2.05, 4.69) is 25.5 Å². The number of anilines is 4. The predicted molar refractivity (Wildman–Crippen MR) is 121 cm³/mol. The van der Waals surface area contributed by atoms with Crippen LogP contribution in [0, 0.1) is 12.7 Å². The Morgan fingerprint density at radius 1 is 1.09 bits per heavy atom. The van der Waals surface area contributed by atoms with Crippen LogP contribution < -0.4 is 16.0 Å². The Morgan fingerprint density at radius 2 is 1.97 bits per heavy atom. The number of fused-ring (bicyclic) bond motifs is 1. The Kier molecular flexibility index (Phi) is 4.85. The van der Waals surface area contributed by atoms with Crippen molar-refractivity contribution in [2.45, 2.75) is 19.8 Å². The van der Waals surface area contributed by atoms with Crippen LogP contribution in [0.3, 0.4) is 0 Å². The summed E-state index contributed by atoms with van der Waals surface area (Å²) in [5, 5.41) is 12.0. The van der Waals surface area contributed by atoms with E-state index >= 15 is 0 Å². The number of nitrogen functional groups attached to an aromatic ring is 1. The van der Waals surface area contributed by atoms with Crippen molar-refractivity contribution >= 4 is 39.8 Å². The zero-order valence-corrected chi connectivity index (χ0v) is 17.3. The standard InChI is InChI=1S/C23H20FN7O/c1-13-6-7-26-12-17(13)16-9-14-10-19(29-30-23(14)22(25)21(16)24)28-18-5-4-15(11-27-18)31-8-2-3-20(31)32/h4-7,9-12H,2-3,8,25H2,1H3,(H,27,28,29). The minimum absolute atomic E-state index is 0.0578. The number of aryl methyl sites for hydroxylation is 1.